The molecule has 0 saturated carbocycles. The number of halogens is 1. The number of rotatable bonds is 8. The Bertz CT molecular complexity index is 1360. The Balaban J connectivity index is 1.63. The fraction of sp³-hybridized carbons (Fsp3) is 0.160. The van der Waals surface area contributed by atoms with E-state index in [1.54, 1.807) is 32.2 Å². The molecule has 7 nitrogen and oxygen atoms in total. The van der Waals surface area contributed by atoms with Gasteiger partial charge in [-0.2, -0.15) is 0 Å². The smallest absolute Gasteiger partial charge is 0.337 e. The molecule has 0 spiro atoms. The highest BCUT2D eigenvalue weighted by atomic mass is 79.9. The van der Waals surface area contributed by atoms with Crippen molar-refractivity contribution in [2.45, 2.75) is 11.8 Å². The van der Waals surface area contributed by atoms with Crippen molar-refractivity contribution in [1.82, 2.24) is 0 Å². The first-order valence-electron chi connectivity index (χ1n) is 10.1. The number of carboxylic acids is 1. The lowest BCUT2D eigenvalue weighted by Gasteiger charge is -2.14. The molecule has 0 saturated heterocycles. The average molecular weight is 544 g/mol. The molecule has 0 heterocycles. The molecule has 3 rings (SSSR count). The molecule has 3 aromatic carbocycles. The number of ether oxygens (including phenoxy) is 2. The third kappa shape index (κ3) is 6.53. The normalized spacial score (nSPS) is 10.7. The summed E-state index contributed by atoms with van der Waals surface area (Å²) in [4.78, 5) is 11.6. The number of hydrogen-bond donors (Lipinski definition) is 2. The van der Waals surface area contributed by atoms with Gasteiger partial charge in [0.25, 0.3) is 0 Å². The Hall–Kier alpha value is -3.48. The average Bonchev–Trinajstić information content (AvgIpc) is 2.81. The maximum atomic E-state index is 12.8. The zero-order valence-corrected chi connectivity index (χ0v) is 20.9. The van der Waals surface area contributed by atoms with Crippen molar-refractivity contribution in [3.8, 4) is 23.3 Å². The third-order valence-electron chi connectivity index (χ3n) is 4.77. The van der Waals surface area contributed by atoms with Gasteiger partial charge in [0, 0.05) is 10.0 Å². The summed E-state index contributed by atoms with van der Waals surface area (Å²) in [5.74, 6) is 5.46. The van der Waals surface area contributed by atoms with Crippen molar-refractivity contribution in [2.75, 3.05) is 24.9 Å². The monoisotopic (exact) mass is 543 g/mol. The number of methoxy groups -OCH3 is 1. The zero-order valence-electron chi connectivity index (χ0n) is 18.5. The van der Waals surface area contributed by atoms with Gasteiger partial charge in [-0.15, -0.1) is 0 Å². The van der Waals surface area contributed by atoms with Gasteiger partial charge in [0.05, 0.1) is 23.3 Å². The summed E-state index contributed by atoms with van der Waals surface area (Å²) in [6.45, 7) is 1.83. The summed E-state index contributed by atoms with van der Waals surface area (Å²) in [5, 5.41) is 12.2. The van der Waals surface area contributed by atoms with Crippen molar-refractivity contribution in [1.29, 1.82) is 0 Å². The first-order valence-corrected chi connectivity index (χ1v) is 12.5. The minimum atomic E-state index is -3.72. The molecule has 0 bridgehead atoms. The van der Waals surface area contributed by atoms with Crippen LogP contribution in [0.15, 0.2) is 70.0 Å². The van der Waals surface area contributed by atoms with Crippen LogP contribution in [0.4, 0.5) is 5.69 Å². The largest absolute Gasteiger partial charge is 0.497 e. The fourth-order valence-corrected chi connectivity index (χ4v) is 4.72. The zero-order chi connectivity index (χ0) is 24.7. The molecular formula is C25H22BrNO6S. The van der Waals surface area contributed by atoms with Gasteiger partial charge in [-0.25, -0.2) is 13.2 Å². The van der Waals surface area contributed by atoms with Gasteiger partial charge in [-0.05, 0) is 67.1 Å². The van der Waals surface area contributed by atoms with Crippen LogP contribution in [0, 0.1) is 18.8 Å². The van der Waals surface area contributed by atoms with Gasteiger partial charge < -0.3 is 19.9 Å². The Kier molecular flexibility index (Phi) is 8.21. The van der Waals surface area contributed by atoms with Crippen LogP contribution in [0.25, 0.3) is 0 Å². The molecule has 176 valence electrons. The number of sulfone groups is 1. The SMILES string of the molecule is COc1cccc(C#CCOc2ccc(S(=O)(=O)CNc3c(C)cc(Br)cc3C(=O)O)cc2)c1. The van der Waals surface area contributed by atoms with Gasteiger partial charge in [0.1, 0.15) is 24.0 Å². The quantitative estimate of drug-likeness (QED) is 0.395. The van der Waals surface area contributed by atoms with Gasteiger partial charge in [0.2, 0.25) is 0 Å². The summed E-state index contributed by atoms with van der Waals surface area (Å²) < 4.78 is 36.8. The summed E-state index contributed by atoms with van der Waals surface area (Å²) in [6, 6.07) is 16.5. The molecule has 0 radical (unpaired) electrons. The number of nitrogens with one attached hydrogen (secondary N) is 1. The van der Waals surface area contributed by atoms with E-state index in [-0.39, 0.29) is 22.8 Å². The van der Waals surface area contributed by atoms with Crippen molar-refractivity contribution in [2.24, 2.45) is 0 Å². The number of aryl methyl sites for hydroxylation is 1. The molecule has 0 unspecified atom stereocenters. The third-order valence-corrected chi connectivity index (χ3v) is 6.74. The van der Waals surface area contributed by atoms with E-state index in [2.05, 4.69) is 33.1 Å². The number of carboxylic acid groups (broad SMARTS) is 1. The van der Waals surface area contributed by atoms with Crippen LogP contribution in [0.5, 0.6) is 11.5 Å². The molecule has 0 atom stereocenters. The van der Waals surface area contributed by atoms with E-state index in [1.807, 2.05) is 24.3 Å². The van der Waals surface area contributed by atoms with Crippen LogP contribution in [0.1, 0.15) is 21.5 Å². The van der Waals surface area contributed by atoms with Gasteiger partial charge in [-0.1, -0.05) is 33.8 Å². The lowest BCUT2D eigenvalue weighted by molar-refractivity contribution is 0.0697. The molecule has 3 aromatic rings. The Morgan fingerprint density at radius 3 is 2.50 bits per heavy atom. The van der Waals surface area contributed by atoms with E-state index in [0.717, 1.165) is 5.56 Å². The van der Waals surface area contributed by atoms with E-state index in [4.69, 9.17) is 9.47 Å². The minimum absolute atomic E-state index is 0.0131. The molecule has 0 aliphatic rings. The summed E-state index contributed by atoms with van der Waals surface area (Å²) >= 11 is 3.25. The van der Waals surface area contributed by atoms with Crippen molar-refractivity contribution in [3.05, 3.63) is 81.8 Å². The first-order chi connectivity index (χ1) is 16.2. The lowest BCUT2D eigenvalue weighted by Crippen LogP contribution is -2.17. The first kappa shape index (κ1) is 25.1. The lowest BCUT2D eigenvalue weighted by atomic mass is 10.1. The van der Waals surface area contributed by atoms with Crippen molar-refractivity contribution < 1.29 is 27.8 Å². The van der Waals surface area contributed by atoms with Crippen molar-refractivity contribution in [3.63, 3.8) is 0 Å². The molecule has 34 heavy (non-hydrogen) atoms. The molecular weight excluding hydrogens is 522 g/mol. The standard InChI is InChI=1S/C25H22BrNO6S/c1-17-13-19(26)15-23(25(28)29)24(17)27-16-34(30,31)22-10-8-20(9-11-22)33-12-4-6-18-5-3-7-21(14-18)32-2/h3,5,7-11,13-15,27H,12,16H2,1-2H3,(H,28,29). The van der Waals surface area contributed by atoms with Crippen LogP contribution >= 0.6 is 15.9 Å². The predicted octanol–water partition coefficient (Wildman–Crippen LogP) is 4.74. The number of hydrogen-bond acceptors (Lipinski definition) is 6. The molecule has 0 aliphatic carbocycles. The Morgan fingerprint density at radius 1 is 1.09 bits per heavy atom. The highest BCUT2D eigenvalue weighted by molar-refractivity contribution is 9.10. The second-order valence-electron chi connectivity index (χ2n) is 7.18. The molecule has 0 fully saturated rings. The van der Waals surface area contributed by atoms with Crippen LogP contribution in [-0.4, -0.2) is 39.1 Å². The molecule has 0 amide bonds. The van der Waals surface area contributed by atoms with E-state index < -0.39 is 21.7 Å². The highest BCUT2D eigenvalue weighted by Crippen LogP contribution is 2.27. The molecule has 9 heteroatoms. The number of anilines is 1. The topological polar surface area (TPSA) is 102 Å². The molecule has 0 aromatic heterocycles. The fourth-order valence-electron chi connectivity index (χ4n) is 3.10. The number of aromatic carboxylic acids is 1. The van der Waals surface area contributed by atoms with E-state index in [9.17, 15) is 18.3 Å². The number of benzene rings is 3. The summed E-state index contributed by atoms with van der Waals surface area (Å²) in [7, 11) is -2.14. The van der Waals surface area contributed by atoms with Crippen LogP contribution in [0.3, 0.4) is 0 Å². The Labute approximate surface area is 206 Å². The summed E-state index contributed by atoms with van der Waals surface area (Å²) in [5.41, 5.74) is 1.65. The van der Waals surface area contributed by atoms with Crippen LogP contribution < -0.4 is 14.8 Å². The van der Waals surface area contributed by atoms with Gasteiger partial charge >= 0.3 is 5.97 Å². The second-order valence-corrected chi connectivity index (χ2v) is 10.1. The Morgan fingerprint density at radius 2 is 1.82 bits per heavy atom. The summed E-state index contributed by atoms with van der Waals surface area (Å²) in [6.07, 6.45) is 0. The van der Waals surface area contributed by atoms with E-state index in [0.29, 0.717) is 21.5 Å². The van der Waals surface area contributed by atoms with Crippen LogP contribution in [0.2, 0.25) is 0 Å². The van der Waals surface area contributed by atoms with E-state index >= 15 is 0 Å². The van der Waals surface area contributed by atoms with Gasteiger partial charge in [0.15, 0.2) is 9.84 Å². The highest BCUT2D eigenvalue weighted by Gasteiger charge is 2.18. The van der Waals surface area contributed by atoms with E-state index in [1.165, 1.54) is 18.2 Å². The van der Waals surface area contributed by atoms with Gasteiger partial charge in [-0.3, -0.25) is 0 Å². The maximum absolute atomic E-state index is 12.8. The second kappa shape index (κ2) is 11.1. The maximum Gasteiger partial charge on any atom is 0.337 e. The molecule has 0 aliphatic heterocycles. The predicted molar refractivity (Wildman–Crippen MR) is 133 cm³/mol. The number of carbonyl (C=O) groups is 1. The van der Waals surface area contributed by atoms with Crippen LogP contribution in [-0.2, 0) is 9.84 Å². The minimum Gasteiger partial charge on any atom is -0.497 e. The molecule has 2 N–H and O–H groups in total. The van der Waals surface area contributed by atoms with Crippen molar-refractivity contribution >= 4 is 37.4 Å².